The van der Waals surface area contributed by atoms with Gasteiger partial charge in [0.1, 0.15) is 18.1 Å². The van der Waals surface area contributed by atoms with E-state index in [1.807, 2.05) is 42.5 Å². The molecule has 1 N–H and O–H groups in total. The maximum absolute atomic E-state index is 12.0. The summed E-state index contributed by atoms with van der Waals surface area (Å²) >= 11 is 0. The number of carbonyl (C=O) groups excluding carboxylic acids is 1. The zero-order valence-corrected chi connectivity index (χ0v) is 15.4. The van der Waals surface area contributed by atoms with Crippen LogP contribution in [0.15, 0.2) is 42.5 Å². The van der Waals surface area contributed by atoms with Crippen molar-refractivity contribution < 1.29 is 23.7 Å². The molecule has 0 heterocycles. The van der Waals surface area contributed by atoms with Crippen molar-refractivity contribution in [3.63, 3.8) is 0 Å². The van der Waals surface area contributed by atoms with Crippen molar-refractivity contribution >= 4 is 5.91 Å². The van der Waals surface area contributed by atoms with Gasteiger partial charge < -0.3 is 24.3 Å². The normalized spacial score (nSPS) is 10.1. The van der Waals surface area contributed by atoms with Gasteiger partial charge in [-0.1, -0.05) is 12.1 Å². The van der Waals surface area contributed by atoms with Crippen molar-refractivity contribution in [2.45, 2.75) is 12.8 Å². The molecular formula is C20H25NO5. The molecule has 0 saturated carbocycles. The molecule has 2 aromatic rings. The van der Waals surface area contributed by atoms with Gasteiger partial charge in [-0.3, -0.25) is 4.79 Å². The number of hydrogen-bond acceptors (Lipinski definition) is 5. The van der Waals surface area contributed by atoms with Crippen molar-refractivity contribution in [2.24, 2.45) is 0 Å². The number of amides is 1. The van der Waals surface area contributed by atoms with Gasteiger partial charge in [-0.15, -0.1) is 0 Å². The zero-order chi connectivity index (χ0) is 18.8. The summed E-state index contributed by atoms with van der Waals surface area (Å²) in [4.78, 5) is 12.0. The molecule has 0 radical (unpaired) electrons. The smallest absolute Gasteiger partial charge is 0.220 e. The third-order valence-electron chi connectivity index (χ3n) is 3.86. The Bertz CT molecular complexity index is 700. The molecule has 140 valence electrons. The van der Waals surface area contributed by atoms with Gasteiger partial charge >= 0.3 is 0 Å². The van der Waals surface area contributed by atoms with E-state index in [0.717, 1.165) is 17.1 Å². The Kier molecular flexibility index (Phi) is 7.61. The number of para-hydroxylation sites is 1. The van der Waals surface area contributed by atoms with Gasteiger partial charge in [0.25, 0.3) is 0 Å². The molecule has 0 atom stereocenters. The largest absolute Gasteiger partial charge is 0.497 e. The van der Waals surface area contributed by atoms with Crippen LogP contribution in [0.1, 0.15) is 12.0 Å². The second kappa shape index (κ2) is 10.2. The Morgan fingerprint density at radius 3 is 2.31 bits per heavy atom. The summed E-state index contributed by atoms with van der Waals surface area (Å²) in [5.74, 6) is 2.82. The minimum Gasteiger partial charge on any atom is -0.497 e. The summed E-state index contributed by atoms with van der Waals surface area (Å²) in [5.41, 5.74) is 0.941. The maximum atomic E-state index is 12.0. The molecule has 2 rings (SSSR count). The van der Waals surface area contributed by atoms with Crippen LogP contribution in [0, 0.1) is 0 Å². The minimum absolute atomic E-state index is 0.0341. The Hall–Kier alpha value is -2.89. The highest BCUT2D eigenvalue weighted by Gasteiger charge is 2.11. The average molecular weight is 359 g/mol. The predicted octanol–water partition coefficient (Wildman–Crippen LogP) is 2.84. The van der Waals surface area contributed by atoms with E-state index in [4.69, 9.17) is 18.9 Å². The molecule has 0 bridgehead atoms. The highest BCUT2D eigenvalue weighted by molar-refractivity contribution is 5.76. The molecular weight excluding hydrogens is 334 g/mol. The van der Waals surface area contributed by atoms with E-state index in [1.54, 1.807) is 21.3 Å². The number of carbonyl (C=O) groups is 1. The van der Waals surface area contributed by atoms with Crippen LogP contribution in [0.4, 0.5) is 0 Å². The lowest BCUT2D eigenvalue weighted by atomic mass is 10.1. The summed E-state index contributed by atoms with van der Waals surface area (Å²) in [5, 5.41) is 2.85. The molecule has 0 aliphatic heterocycles. The van der Waals surface area contributed by atoms with Crippen molar-refractivity contribution in [1.82, 2.24) is 5.32 Å². The minimum atomic E-state index is -0.0341. The Morgan fingerprint density at radius 2 is 1.65 bits per heavy atom. The molecule has 0 aliphatic carbocycles. The van der Waals surface area contributed by atoms with E-state index in [-0.39, 0.29) is 5.91 Å². The fourth-order valence-electron chi connectivity index (χ4n) is 2.52. The van der Waals surface area contributed by atoms with Crippen LogP contribution in [0.3, 0.4) is 0 Å². The SMILES string of the molecule is COc1ccc(OCCNC(=O)CCc2cccc(OC)c2OC)cc1. The summed E-state index contributed by atoms with van der Waals surface area (Å²) in [6.07, 6.45) is 0.942. The molecule has 2 aromatic carbocycles. The van der Waals surface area contributed by atoms with E-state index < -0.39 is 0 Å². The van der Waals surface area contributed by atoms with E-state index in [9.17, 15) is 4.79 Å². The first-order valence-corrected chi connectivity index (χ1v) is 8.41. The van der Waals surface area contributed by atoms with Crippen LogP contribution in [0.2, 0.25) is 0 Å². The first-order chi connectivity index (χ1) is 12.7. The van der Waals surface area contributed by atoms with Gasteiger partial charge in [0.15, 0.2) is 11.5 Å². The molecule has 0 aliphatic rings. The fraction of sp³-hybridized carbons (Fsp3) is 0.350. The van der Waals surface area contributed by atoms with Crippen molar-refractivity contribution in [3.8, 4) is 23.0 Å². The van der Waals surface area contributed by atoms with Gasteiger partial charge in [0.2, 0.25) is 5.91 Å². The quantitative estimate of drug-likeness (QED) is 0.661. The van der Waals surface area contributed by atoms with E-state index in [1.165, 1.54) is 0 Å². The Labute approximate surface area is 154 Å². The molecule has 0 spiro atoms. The second-order valence-corrected chi connectivity index (χ2v) is 5.53. The molecule has 0 fully saturated rings. The number of nitrogens with one attached hydrogen (secondary N) is 1. The van der Waals surface area contributed by atoms with Gasteiger partial charge in [0.05, 0.1) is 27.9 Å². The molecule has 0 saturated heterocycles. The number of aryl methyl sites for hydroxylation is 1. The monoisotopic (exact) mass is 359 g/mol. The number of ether oxygens (including phenoxy) is 4. The van der Waals surface area contributed by atoms with Crippen LogP contribution in [0.5, 0.6) is 23.0 Å². The third kappa shape index (κ3) is 5.58. The summed E-state index contributed by atoms with van der Waals surface area (Å²) < 4.78 is 21.3. The first-order valence-electron chi connectivity index (χ1n) is 8.41. The number of hydrogen-bond donors (Lipinski definition) is 1. The zero-order valence-electron chi connectivity index (χ0n) is 15.4. The molecule has 1 amide bonds. The Morgan fingerprint density at radius 1 is 0.923 bits per heavy atom. The predicted molar refractivity (Wildman–Crippen MR) is 99.4 cm³/mol. The van der Waals surface area contributed by atoms with Crippen LogP contribution < -0.4 is 24.3 Å². The topological polar surface area (TPSA) is 66.0 Å². The first kappa shape index (κ1) is 19.4. The fourth-order valence-corrected chi connectivity index (χ4v) is 2.52. The van der Waals surface area contributed by atoms with Crippen LogP contribution >= 0.6 is 0 Å². The summed E-state index contributed by atoms with van der Waals surface area (Å²) in [6.45, 7) is 0.848. The number of rotatable bonds is 10. The Balaban J connectivity index is 1.72. The highest BCUT2D eigenvalue weighted by atomic mass is 16.5. The van der Waals surface area contributed by atoms with Gasteiger partial charge in [-0.25, -0.2) is 0 Å². The van der Waals surface area contributed by atoms with Crippen molar-refractivity contribution in [3.05, 3.63) is 48.0 Å². The van der Waals surface area contributed by atoms with E-state index in [0.29, 0.717) is 37.5 Å². The van der Waals surface area contributed by atoms with Crippen LogP contribution in [-0.4, -0.2) is 40.4 Å². The average Bonchev–Trinajstić information content (AvgIpc) is 2.69. The summed E-state index contributed by atoms with van der Waals surface area (Å²) in [6, 6.07) is 13.0. The van der Waals surface area contributed by atoms with Gasteiger partial charge in [0, 0.05) is 6.42 Å². The number of benzene rings is 2. The second-order valence-electron chi connectivity index (χ2n) is 5.53. The van der Waals surface area contributed by atoms with E-state index >= 15 is 0 Å². The lowest BCUT2D eigenvalue weighted by molar-refractivity contribution is -0.121. The van der Waals surface area contributed by atoms with Crippen molar-refractivity contribution in [1.29, 1.82) is 0 Å². The number of methoxy groups -OCH3 is 3. The lowest BCUT2D eigenvalue weighted by Crippen LogP contribution is -2.28. The molecule has 6 heteroatoms. The molecule has 26 heavy (non-hydrogen) atoms. The summed E-state index contributed by atoms with van der Waals surface area (Å²) in [7, 11) is 4.81. The molecule has 6 nitrogen and oxygen atoms in total. The van der Waals surface area contributed by atoms with Crippen molar-refractivity contribution in [2.75, 3.05) is 34.5 Å². The lowest BCUT2D eigenvalue weighted by Gasteiger charge is -2.12. The van der Waals surface area contributed by atoms with E-state index in [2.05, 4.69) is 5.32 Å². The highest BCUT2D eigenvalue weighted by Crippen LogP contribution is 2.31. The molecule has 0 aromatic heterocycles. The van der Waals surface area contributed by atoms with Gasteiger partial charge in [-0.2, -0.15) is 0 Å². The third-order valence-corrected chi connectivity index (χ3v) is 3.86. The van der Waals surface area contributed by atoms with Crippen LogP contribution in [-0.2, 0) is 11.2 Å². The van der Waals surface area contributed by atoms with Gasteiger partial charge in [-0.05, 0) is 42.3 Å². The standard InChI is InChI=1S/C20H25NO5/c1-23-16-8-10-17(11-9-16)26-14-13-21-19(22)12-7-15-5-4-6-18(24-2)20(15)25-3/h4-6,8-11H,7,12-14H2,1-3H3,(H,21,22). The maximum Gasteiger partial charge on any atom is 0.220 e. The van der Waals surface area contributed by atoms with Crippen LogP contribution in [0.25, 0.3) is 0 Å². The molecule has 0 unspecified atom stereocenters.